The summed E-state index contributed by atoms with van der Waals surface area (Å²) in [6.07, 6.45) is 1.77. The largest absolute Gasteiger partial charge is 0.396 e. The molecule has 0 saturated heterocycles. The van der Waals surface area contributed by atoms with Crippen LogP contribution in [0.2, 0.25) is 0 Å². The summed E-state index contributed by atoms with van der Waals surface area (Å²) in [5.41, 5.74) is 0. The number of rotatable bonds is 8. The second kappa shape index (κ2) is 7.90. The first-order valence-corrected chi connectivity index (χ1v) is 7.04. The molecule has 0 spiro atoms. The zero-order valence-corrected chi connectivity index (χ0v) is 10.5. The molecule has 1 aromatic heterocycles. The van der Waals surface area contributed by atoms with Crippen molar-refractivity contribution in [2.24, 2.45) is 0 Å². The third kappa shape index (κ3) is 5.34. The summed E-state index contributed by atoms with van der Waals surface area (Å²) in [6, 6.07) is 0. The second-order valence-corrected chi connectivity index (χ2v) is 4.96. The predicted octanol–water partition coefficient (Wildman–Crippen LogP) is 1.63. The van der Waals surface area contributed by atoms with Gasteiger partial charge < -0.3 is 10.4 Å². The minimum Gasteiger partial charge on any atom is -0.396 e. The summed E-state index contributed by atoms with van der Waals surface area (Å²) in [4.78, 5) is 4.31. The van der Waals surface area contributed by atoms with Crippen molar-refractivity contribution < 1.29 is 5.11 Å². The SMILES string of the molecule is CCc1nsc(NCCSCCCO)n1. The van der Waals surface area contributed by atoms with Crippen LogP contribution in [0.1, 0.15) is 19.2 Å². The Morgan fingerprint density at radius 3 is 3.00 bits per heavy atom. The lowest BCUT2D eigenvalue weighted by molar-refractivity contribution is 0.296. The Kier molecular flexibility index (Phi) is 6.71. The molecule has 0 amide bonds. The van der Waals surface area contributed by atoms with E-state index in [2.05, 4.69) is 21.6 Å². The van der Waals surface area contributed by atoms with Crippen molar-refractivity contribution in [2.75, 3.05) is 30.0 Å². The van der Waals surface area contributed by atoms with E-state index in [0.29, 0.717) is 0 Å². The molecule has 0 unspecified atom stereocenters. The molecule has 2 N–H and O–H groups in total. The fraction of sp³-hybridized carbons (Fsp3) is 0.778. The summed E-state index contributed by atoms with van der Waals surface area (Å²) < 4.78 is 4.19. The van der Waals surface area contributed by atoms with Crippen molar-refractivity contribution in [3.8, 4) is 0 Å². The molecule has 0 aliphatic rings. The Labute approximate surface area is 98.7 Å². The quantitative estimate of drug-likeness (QED) is 0.684. The number of hydrogen-bond donors (Lipinski definition) is 2. The van der Waals surface area contributed by atoms with Crippen LogP contribution in [0.25, 0.3) is 0 Å². The van der Waals surface area contributed by atoms with E-state index in [-0.39, 0.29) is 6.61 Å². The lowest BCUT2D eigenvalue weighted by Gasteiger charge is -2.01. The summed E-state index contributed by atoms with van der Waals surface area (Å²) in [5, 5.41) is 12.7. The molecule has 1 aromatic rings. The maximum Gasteiger partial charge on any atom is 0.202 e. The number of hydrogen-bond acceptors (Lipinski definition) is 6. The smallest absolute Gasteiger partial charge is 0.202 e. The van der Waals surface area contributed by atoms with E-state index in [1.165, 1.54) is 11.5 Å². The monoisotopic (exact) mass is 247 g/mol. The zero-order valence-electron chi connectivity index (χ0n) is 8.90. The van der Waals surface area contributed by atoms with E-state index in [9.17, 15) is 0 Å². The lowest BCUT2D eigenvalue weighted by atomic mass is 10.5. The summed E-state index contributed by atoms with van der Waals surface area (Å²) in [7, 11) is 0. The number of anilines is 1. The van der Waals surface area contributed by atoms with Crippen LogP contribution in [0, 0.1) is 0 Å². The molecule has 15 heavy (non-hydrogen) atoms. The molecule has 0 radical (unpaired) electrons. The van der Waals surface area contributed by atoms with Crippen molar-refractivity contribution in [1.29, 1.82) is 0 Å². The van der Waals surface area contributed by atoms with Gasteiger partial charge in [-0.05, 0) is 12.2 Å². The van der Waals surface area contributed by atoms with E-state index < -0.39 is 0 Å². The van der Waals surface area contributed by atoms with Crippen LogP contribution in [0.5, 0.6) is 0 Å². The third-order valence-corrected chi connectivity index (χ3v) is 3.53. The Hall–Kier alpha value is -0.330. The number of nitrogens with one attached hydrogen (secondary N) is 1. The number of thioether (sulfide) groups is 1. The summed E-state index contributed by atoms with van der Waals surface area (Å²) in [6.45, 7) is 3.25. The standard InChI is InChI=1S/C9H17N3OS2/c1-2-8-11-9(15-12-8)10-4-7-14-6-3-5-13/h13H,2-7H2,1H3,(H,10,11,12). The number of aromatic nitrogens is 2. The minimum atomic E-state index is 0.288. The van der Waals surface area contributed by atoms with E-state index in [0.717, 1.165) is 41.8 Å². The fourth-order valence-electron chi connectivity index (χ4n) is 0.968. The van der Waals surface area contributed by atoms with Gasteiger partial charge in [-0.2, -0.15) is 16.1 Å². The molecule has 0 aromatic carbocycles. The van der Waals surface area contributed by atoms with E-state index in [4.69, 9.17) is 5.11 Å². The van der Waals surface area contributed by atoms with Gasteiger partial charge in [-0.1, -0.05) is 6.92 Å². The van der Waals surface area contributed by atoms with E-state index in [1.807, 2.05) is 11.8 Å². The summed E-state index contributed by atoms with van der Waals surface area (Å²) >= 11 is 3.26. The highest BCUT2D eigenvalue weighted by atomic mass is 32.2. The molecule has 0 atom stereocenters. The Balaban J connectivity index is 2.04. The zero-order chi connectivity index (χ0) is 10.9. The first-order valence-electron chi connectivity index (χ1n) is 5.12. The van der Waals surface area contributed by atoms with Gasteiger partial charge in [0.1, 0.15) is 5.82 Å². The van der Waals surface area contributed by atoms with Gasteiger partial charge in [-0.3, -0.25) is 0 Å². The molecule has 6 heteroatoms. The first-order chi connectivity index (χ1) is 7.36. The van der Waals surface area contributed by atoms with E-state index >= 15 is 0 Å². The van der Waals surface area contributed by atoms with Gasteiger partial charge in [0.05, 0.1) is 0 Å². The Morgan fingerprint density at radius 2 is 2.33 bits per heavy atom. The van der Waals surface area contributed by atoms with Crippen LogP contribution in [0.15, 0.2) is 0 Å². The molecule has 0 bridgehead atoms. The molecule has 1 rings (SSSR count). The molecule has 0 saturated carbocycles. The van der Waals surface area contributed by atoms with Crippen LogP contribution in [0.4, 0.5) is 5.13 Å². The molecule has 4 nitrogen and oxygen atoms in total. The van der Waals surface area contributed by atoms with Crippen molar-refractivity contribution in [3.05, 3.63) is 5.82 Å². The molecule has 0 aliphatic heterocycles. The van der Waals surface area contributed by atoms with Crippen molar-refractivity contribution in [3.63, 3.8) is 0 Å². The highest BCUT2D eigenvalue weighted by Crippen LogP contribution is 2.11. The van der Waals surface area contributed by atoms with Crippen LogP contribution >= 0.6 is 23.3 Å². The second-order valence-electron chi connectivity index (χ2n) is 2.99. The highest BCUT2D eigenvalue weighted by molar-refractivity contribution is 7.99. The van der Waals surface area contributed by atoms with Crippen LogP contribution in [0.3, 0.4) is 0 Å². The van der Waals surface area contributed by atoms with Gasteiger partial charge in [-0.25, -0.2) is 4.98 Å². The van der Waals surface area contributed by atoms with Gasteiger partial charge in [-0.15, -0.1) is 0 Å². The minimum absolute atomic E-state index is 0.288. The molecule has 1 heterocycles. The fourth-order valence-corrected chi connectivity index (χ4v) is 2.43. The maximum atomic E-state index is 8.59. The topological polar surface area (TPSA) is 58.0 Å². The highest BCUT2D eigenvalue weighted by Gasteiger charge is 2.00. The number of aryl methyl sites for hydroxylation is 1. The maximum absolute atomic E-state index is 8.59. The third-order valence-electron chi connectivity index (χ3n) is 1.75. The van der Waals surface area contributed by atoms with Gasteiger partial charge in [0.15, 0.2) is 0 Å². The first kappa shape index (κ1) is 12.7. The number of aliphatic hydroxyl groups is 1. The average molecular weight is 247 g/mol. The van der Waals surface area contributed by atoms with Crippen molar-refractivity contribution in [2.45, 2.75) is 19.8 Å². The van der Waals surface area contributed by atoms with Crippen LogP contribution in [-0.2, 0) is 6.42 Å². The van der Waals surface area contributed by atoms with Gasteiger partial charge in [0.25, 0.3) is 0 Å². The Bertz CT molecular complexity index is 268. The molecule has 0 aliphatic carbocycles. The predicted molar refractivity (Wildman–Crippen MR) is 66.8 cm³/mol. The van der Waals surface area contributed by atoms with Gasteiger partial charge in [0.2, 0.25) is 5.13 Å². The molecule has 86 valence electrons. The van der Waals surface area contributed by atoms with Gasteiger partial charge in [0, 0.05) is 36.9 Å². The summed E-state index contributed by atoms with van der Waals surface area (Å²) in [5.74, 6) is 2.98. The molecular formula is C9H17N3OS2. The van der Waals surface area contributed by atoms with Gasteiger partial charge >= 0.3 is 0 Å². The van der Waals surface area contributed by atoms with E-state index in [1.54, 1.807) is 0 Å². The van der Waals surface area contributed by atoms with Crippen molar-refractivity contribution in [1.82, 2.24) is 9.36 Å². The Morgan fingerprint density at radius 1 is 1.47 bits per heavy atom. The normalized spacial score (nSPS) is 10.5. The number of nitrogens with zero attached hydrogens (tertiary/aromatic N) is 2. The molecular weight excluding hydrogens is 230 g/mol. The number of aliphatic hydroxyl groups excluding tert-OH is 1. The molecule has 0 fully saturated rings. The lowest BCUT2D eigenvalue weighted by Crippen LogP contribution is -2.04. The average Bonchev–Trinajstić information content (AvgIpc) is 2.71. The van der Waals surface area contributed by atoms with Crippen molar-refractivity contribution >= 4 is 28.4 Å². The van der Waals surface area contributed by atoms with Crippen LogP contribution in [-0.4, -0.2) is 39.1 Å². The van der Waals surface area contributed by atoms with Crippen LogP contribution < -0.4 is 5.32 Å².